The monoisotopic (exact) mass is 408 g/mol. The van der Waals surface area contributed by atoms with Gasteiger partial charge < -0.3 is 15.3 Å². The molecule has 0 aromatic heterocycles. The second-order valence-electron chi connectivity index (χ2n) is 7.93. The minimum atomic E-state index is -0.369. The van der Waals surface area contributed by atoms with E-state index in [1.807, 2.05) is 31.2 Å². The van der Waals surface area contributed by atoms with Crippen LogP contribution in [-0.4, -0.2) is 40.7 Å². The number of carbonyl (C=O) groups excluding carboxylic acids is 3. The van der Waals surface area contributed by atoms with Gasteiger partial charge in [-0.1, -0.05) is 29.8 Å². The quantitative estimate of drug-likeness (QED) is 0.718. The predicted octanol–water partition coefficient (Wildman–Crippen LogP) is 3.39. The lowest BCUT2D eigenvalue weighted by Crippen LogP contribution is -2.42. The maximum Gasteiger partial charge on any atom is 0.224 e. The van der Waals surface area contributed by atoms with Crippen LogP contribution in [0.5, 0.6) is 5.75 Å². The van der Waals surface area contributed by atoms with Gasteiger partial charge in [-0.15, -0.1) is 0 Å². The van der Waals surface area contributed by atoms with Crippen LogP contribution < -0.4 is 5.32 Å². The van der Waals surface area contributed by atoms with E-state index in [2.05, 4.69) is 5.32 Å². The van der Waals surface area contributed by atoms with Crippen molar-refractivity contribution in [2.24, 2.45) is 5.92 Å². The Hall–Kier alpha value is -3.15. The Bertz CT molecular complexity index is 898. The topological polar surface area (TPSA) is 86.7 Å². The standard InChI is InChI=1S/C24H28N2O4/c1-16-3-5-18(6-4-16)22(25-17(2)27)15-23(29)26-13-11-20(12-14-26)24(30)19-7-9-21(28)10-8-19/h3-10,20,22,28H,11-15H2,1-2H3,(H,25,27)/t22-/m1/s1. The lowest BCUT2D eigenvalue weighted by atomic mass is 9.88. The van der Waals surface area contributed by atoms with E-state index in [0.29, 0.717) is 31.5 Å². The van der Waals surface area contributed by atoms with Gasteiger partial charge in [-0.25, -0.2) is 0 Å². The number of rotatable bonds is 6. The minimum Gasteiger partial charge on any atom is -0.508 e. The molecule has 0 aliphatic carbocycles. The van der Waals surface area contributed by atoms with Crippen molar-refractivity contribution >= 4 is 17.6 Å². The fourth-order valence-corrected chi connectivity index (χ4v) is 3.85. The smallest absolute Gasteiger partial charge is 0.224 e. The van der Waals surface area contributed by atoms with Gasteiger partial charge in [-0.2, -0.15) is 0 Å². The fourth-order valence-electron chi connectivity index (χ4n) is 3.85. The van der Waals surface area contributed by atoms with Gasteiger partial charge in [0.15, 0.2) is 5.78 Å². The van der Waals surface area contributed by atoms with Crippen LogP contribution in [0.1, 0.15) is 53.7 Å². The number of ketones is 1. The Kier molecular flexibility index (Phi) is 6.87. The zero-order chi connectivity index (χ0) is 21.7. The molecule has 158 valence electrons. The summed E-state index contributed by atoms with van der Waals surface area (Å²) in [6.07, 6.45) is 1.42. The molecule has 0 bridgehead atoms. The van der Waals surface area contributed by atoms with E-state index in [1.54, 1.807) is 17.0 Å². The molecule has 2 aromatic carbocycles. The molecular formula is C24H28N2O4. The van der Waals surface area contributed by atoms with Crippen LogP contribution in [0.2, 0.25) is 0 Å². The van der Waals surface area contributed by atoms with Gasteiger partial charge in [0.1, 0.15) is 5.75 Å². The largest absolute Gasteiger partial charge is 0.508 e. The van der Waals surface area contributed by atoms with Crippen molar-refractivity contribution in [3.05, 3.63) is 65.2 Å². The van der Waals surface area contributed by atoms with Gasteiger partial charge in [-0.05, 0) is 49.6 Å². The molecule has 1 aliphatic heterocycles. The SMILES string of the molecule is CC(=O)N[C@H](CC(=O)N1CCC(C(=O)c2ccc(O)cc2)CC1)c1ccc(C)cc1. The summed E-state index contributed by atoms with van der Waals surface area (Å²) in [5.74, 6) is -0.134. The van der Waals surface area contributed by atoms with Crippen LogP contribution in [0.15, 0.2) is 48.5 Å². The molecule has 6 nitrogen and oxygen atoms in total. The number of nitrogens with zero attached hydrogens (tertiary/aromatic N) is 1. The van der Waals surface area contributed by atoms with Crippen molar-refractivity contribution in [1.82, 2.24) is 10.2 Å². The van der Waals surface area contributed by atoms with Crippen molar-refractivity contribution in [2.75, 3.05) is 13.1 Å². The van der Waals surface area contributed by atoms with Crippen molar-refractivity contribution < 1.29 is 19.5 Å². The minimum absolute atomic E-state index is 0.0233. The molecule has 1 atom stereocenters. The van der Waals surface area contributed by atoms with Crippen LogP contribution in [0, 0.1) is 12.8 Å². The highest BCUT2D eigenvalue weighted by molar-refractivity contribution is 5.98. The first-order valence-corrected chi connectivity index (χ1v) is 10.3. The number of piperidine rings is 1. The van der Waals surface area contributed by atoms with Crippen molar-refractivity contribution in [3.63, 3.8) is 0 Å². The summed E-state index contributed by atoms with van der Waals surface area (Å²) in [5.41, 5.74) is 2.61. The van der Waals surface area contributed by atoms with E-state index >= 15 is 0 Å². The van der Waals surface area contributed by atoms with Gasteiger partial charge in [0.2, 0.25) is 11.8 Å². The molecule has 0 radical (unpaired) electrons. The van der Waals surface area contributed by atoms with Crippen LogP contribution in [0.3, 0.4) is 0 Å². The molecule has 0 spiro atoms. The van der Waals surface area contributed by atoms with Crippen molar-refractivity contribution in [3.8, 4) is 5.75 Å². The number of phenols is 1. The lowest BCUT2D eigenvalue weighted by molar-refractivity contribution is -0.133. The summed E-state index contributed by atoms with van der Waals surface area (Å²) in [5, 5.41) is 12.3. The second-order valence-corrected chi connectivity index (χ2v) is 7.93. The molecule has 1 heterocycles. The number of amides is 2. The zero-order valence-electron chi connectivity index (χ0n) is 17.4. The molecular weight excluding hydrogens is 380 g/mol. The third-order valence-corrected chi connectivity index (χ3v) is 5.61. The number of nitrogens with one attached hydrogen (secondary N) is 1. The number of aromatic hydroxyl groups is 1. The van der Waals surface area contributed by atoms with Crippen molar-refractivity contribution in [1.29, 1.82) is 0 Å². The molecule has 1 saturated heterocycles. The number of hydrogen-bond acceptors (Lipinski definition) is 4. The van der Waals surface area contributed by atoms with E-state index in [9.17, 15) is 19.5 Å². The first kappa shape index (κ1) is 21.6. The van der Waals surface area contributed by atoms with Gasteiger partial charge in [-0.3, -0.25) is 14.4 Å². The lowest BCUT2D eigenvalue weighted by Gasteiger charge is -2.32. The summed E-state index contributed by atoms with van der Waals surface area (Å²) >= 11 is 0. The molecule has 2 aromatic rings. The first-order valence-electron chi connectivity index (χ1n) is 10.3. The average molecular weight is 408 g/mol. The second kappa shape index (κ2) is 9.57. The number of Topliss-reactive ketones (excluding diaryl/α,β-unsaturated/α-hetero) is 1. The molecule has 30 heavy (non-hydrogen) atoms. The van der Waals surface area contributed by atoms with E-state index in [-0.39, 0.29) is 41.7 Å². The van der Waals surface area contributed by atoms with Crippen LogP contribution in [0.25, 0.3) is 0 Å². The summed E-state index contributed by atoms with van der Waals surface area (Å²) in [7, 11) is 0. The van der Waals surface area contributed by atoms with Crippen LogP contribution in [0.4, 0.5) is 0 Å². The maximum absolute atomic E-state index is 12.9. The summed E-state index contributed by atoms with van der Waals surface area (Å²) in [6, 6.07) is 13.7. The first-order chi connectivity index (χ1) is 14.3. The normalized spacial score (nSPS) is 15.5. The Morgan fingerprint density at radius 1 is 1.03 bits per heavy atom. The molecule has 0 unspecified atom stereocenters. The average Bonchev–Trinajstić information content (AvgIpc) is 2.73. The van der Waals surface area contributed by atoms with E-state index in [1.165, 1.54) is 19.1 Å². The third-order valence-electron chi connectivity index (χ3n) is 5.61. The van der Waals surface area contributed by atoms with Gasteiger partial charge in [0, 0.05) is 31.5 Å². The summed E-state index contributed by atoms with van der Waals surface area (Å²) in [4.78, 5) is 39.0. The Morgan fingerprint density at radius 3 is 2.20 bits per heavy atom. The van der Waals surface area contributed by atoms with E-state index in [4.69, 9.17) is 0 Å². The van der Waals surface area contributed by atoms with Crippen LogP contribution in [-0.2, 0) is 9.59 Å². The molecule has 2 amide bonds. The predicted molar refractivity (Wildman–Crippen MR) is 114 cm³/mol. The Balaban J connectivity index is 1.59. The molecule has 0 saturated carbocycles. The van der Waals surface area contributed by atoms with Gasteiger partial charge in [0.05, 0.1) is 12.5 Å². The fraction of sp³-hybridized carbons (Fsp3) is 0.375. The zero-order valence-corrected chi connectivity index (χ0v) is 17.4. The van der Waals surface area contributed by atoms with E-state index in [0.717, 1.165) is 11.1 Å². The maximum atomic E-state index is 12.9. The number of benzene rings is 2. The number of carbonyl (C=O) groups is 3. The van der Waals surface area contributed by atoms with Gasteiger partial charge >= 0.3 is 0 Å². The number of aryl methyl sites for hydroxylation is 1. The molecule has 6 heteroatoms. The highest BCUT2D eigenvalue weighted by atomic mass is 16.3. The molecule has 1 fully saturated rings. The number of hydrogen-bond donors (Lipinski definition) is 2. The highest BCUT2D eigenvalue weighted by Gasteiger charge is 2.29. The van der Waals surface area contributed by atoms with Crippen LogP contribution >= 0.6 is 0 Å². The van der Waals surface area contributed by atoms with Gasteiger partial charge in [0.25, 0.3) is 0 Å². The molecule has 3 rings (SSSR count). The number of likely N-dealkylation sites (tertiary alicyclic amines) is 1. The summed E-state index contributed by atoms with van der Waals surface area (Å²) < 4.78 is 0. The van der Waals surface area contributed by atoms with Crippen molar-refractivity contribution in [2.45, 2.75) is 39.2 Å². The summed E-state index contributed by atoms with van der Waals surface area (Å²) in [6.45, 7) is 4.49. The molecule has 2 N–H and O–H groups in total. The third kappa shape index (κ3) is 5.47. The molecule has 1 aliphatic rings. The van der Waals surface area contributed by atoms with E-state index < -0.39 is 0 Å². The highest BCUT2D eigenvalue weighted by Crippen LogP contribution is 2.25. The number of phenolic OH excluding ortho intramolecular Hbond substituents is 1. The Labute approximate surface area is 176 Å². The Morgan fingerprint density at radius 2 is 1.63 bits per heavy atom.